The van der Waals surface area contributed by atoms with E-state index < -0.39 is 6.03 Å². The lowest BCUT2D eigenvalue weighted by Crippen LogP contribution is -2.42. The monoisotopic (exact) mass is 224 g/mol. The van der Waals surface area contributed by atoms with E-state index in [-0.39, 0.29) is 13.1 Å². The Balaban J connectivity index is 4.36. The molecule has 0 aliphatic rings. The fourth-order valence-electron chi connectivity index (χ4n) is 1.07. The molecule has 0 bridgehead atoms. The first kappa shape index (κ1) is 14.1. The van der Waals surface area contributed by atoms with Crippen molar-refractivity contribution >= 4 is 18.9 Å². The number of unbranched alkanes of at least 4 members (excludes halogenated alkanes) is 1. The minimum absolute atomic E-state index is 0.0914. The molecule has 0 aliphatic heterocycles. The zero-order chi connectivity index (χ0) is 12.4. The maximum absolute atomic E-state index is 11.6. The first-order valence-corrected chi connectivity index (χ1v) is 4.90. The van der Waals surface area contributed by atoms with E-state index in [1.807, 2.05) is 0 Å². The molecule has 0 unspecified atom stereocenters. The van der Waals surface area contributed by atoms with E-state index in [9.17, 15) is 14.4 Å². The van der Waals surface area contributed by atoms with Gasteiger partial charge in [0.15, 0.2) is 0 Å². The van der Waals surface area contributed by atoms with Crippen molar-refractivity contribution in [1.82, 2.24) is 9.80 Å². The highest BCUT2D eigenvalue weighted by Gasteiger charge is 2.18. The number of nitrogens with zero attached hydrogens (tertiary/aromatic N) is 2. The van der Waals surface area contributed by atoms with E-state index in [1.165, 1.54) is 6.08 Å². The van der Waals surface area contributed by atoms with Gasteiger partial charge in [-0.15, -0.1) is 13.2 Å². The fourth-order valence-corrected chi connectivity index (χ4v) is 1.07. The Morgan fingerprint density at radius 2 is 1.69 bits per heavy atom. The molecule has 0 aromatic rings. The van der Waals surface area contributed by atoms with Gasteiger partial charge in [0, 0.05) is 13.1 Å². The smallest absolute Gasteiger partial charge is 0.278 e. The van der Waals surface area contributed by atoms with Crippen LogP contribution in [-0.2, 0) is 9.59 Å². The molecule has 16 heavy (non-hydrogen) atoms. The van der Waals surface area contributed by atoms with E-state index in [1.54, 1.807) is 6.08 Å². The van der Waals surface area contributed by atoms with Crippen LogP contribution >= 0.6 is 0 Å². The Hall–Kier alpha value is -1.91. The number of hydrogen-bond acceptors (Lipinski definition) is 3. The molecule has 5 heteroatoms. The molecule has 0 saturated carbocycles. The zero-order valence-electron chi connectivity index (χ0n) is 9.17. The summed E-state index contributed by atoms with van der Waals surface area (Å²) >= 11 is 0. The molecule has 0 aromatic heterocycles. The number of hydrogen-bond donors (Lipinski definition) is 0. The van der Waals surface area contributed by atoms with Crippen LogP contribution in [0.5, 0.6) is 0 Å². The number of imide groups is 2. The molecular weight excluding hydrogens is 208 g/mol. The third-order valence-electron chi connectivity index (χ3n) is 1.88. The second kappa shape index (κ2) is 8.40. The average molecular weight is 224 g/mol. The topological polar surface area (TPSA) is 57.7 Å². The molecule has 0 radical (unpaired) electrons. The molecule has 0 saturated heterocycles. The lowest BCUT2D eigenvalue weighted by molar-refractivity contribution is -0.118. The van der Waals surface area contributed by atoms with Crippen LogP contribution in [0.15, 0.2) is 25.3 Å². The van der Waals surface area contributed by atoms with E-state index in [0.29, 0.717) is 25.7 Å². The lowest BCUT2D eigenvalue weighted by atomic mass is 10.3. The maximum atomic E-state index is 11.6. The summed E-state index contributed by atoms with van der Waals surface area (Å²) in [7, 11) is 0. The Morgan fingerprint density at radius 1 is 1.06 bits per heavy atom. The van der Waals surface area contributed by atoms with Gasteiger partial charge in [-0.2, -0.15) is 0 Å². The van der Waals surface area contributed by atoms with Gasteiger partial charge >= 0.3 is 6.03 Å². The predicted octanol–water partition coefficient (Wildman–Crippen LogP) is 1.18. The van der Waals surface area contributed by atoms with Crippen LogP contribution in [0.25, 0.3) is 0 Å². The van der Waals surface area contributed by atoms with Gasteiger partial charge in [0.2, 0.25) is 12.8 Å². The highest BCUT2D eigenvalue weighted by Crippen LogP contribution is 1.99. The molecule has 0 N–H and O–H groups in total. The van der Waals surface area contributed by atoms with Crippen molar-refractivity contribution in [3.63, 3.8) is 0 Å². The van der Waals surface area contributed by atoms with E-state index >= 15 is 0 Å². The van der Waals surface area contributed by atoms with Gasteiger partial charge in [-0.1, -0.05) is 12.2 Å². The molecule has 88 valence electrons. The Kier molecular flexibility index (Phi) is 7.40. The third-order valence-corrected chi connectivity index (χ3v) is 1.88. The van der Waals surface area contributed by atoms with Gasteiger partial charge in [0.25, 0.3) is 0 Å². The highest BCUT2D eigenvalue weighted by molar-refractivity contribution is 5.91. The number of carbonyl (C=O) groups excluding carboxylic acids is 3. The van der Waals surface area contributed by atoms with Crippen molar-refractivity contribution in [3.05, 3.63) is 25.3 Å². The van der Waals surface area contributed by atoms with Gasteiger partial charge in [-0.3, -0.25) is 19.4 Å². The lowest BCUT2D eigenvalue weighted by Gasteiger charge is -2.20. The van der Waals surface area contributed by atoms with Crippen molar-refractivity contribution in [1.29, 1.82) is 0 Å². The third kappa shape index (κ3) is 4.54. The molecule has 4 amide bonds. The summed E-state index contributed by atoms with van der Waals surface area (Å²) in [4.78, 5) is 34.7. The van der Waals surface area contributed by atoms with E-state index in [2.05, 4.69) is 13.2 Å². The molecule has 0 spiro atoms. The van der Waals surface area contributed by atoms with Crippen LogP contribution in [0.1, 0.15) is 12.8 Å². The minimum atomic E-state index is -0.631. The van der Waals surface area contributed by atoms with Crippen LogP contribution < -0.4 is 0 Å². The summed E-state index contributed by atoms with van der Waals surface area (Å²) in [6.07, 6.45) is 5.27. The summed E-state index contributed by atoms with van der Waals surface area (Å²) in [6, 6.07) is -0.631. The van der Waals surface area contributed by atoms with Gasteiger partial charge in [0.05, 0.1) is 0 Å². The second-order valence-corrected chi connectivity index (χ2v) is 3.06. The Labute approximate surface area is 95.0 Å². The first-order chi connectivity index (χ1) is 7.71. The zero-order valence-corrected chi connectivity index (χ0v) is 9.17. The van der Waals surface area contributed by atoms with Crippen LogP contribution in [0, 0.1) is 0 Å². The Morgan fingerprint density at radius 3 is 2.12 bits per heavy atom. The number of amides is 4. The molecular formula is C11H16N2O3. The van der Waals surface area contributed by atoms with E-state index in [0.717, 1.165) is 9.80 Å². The van der Waals surface area contributed by atoms with Gasteiger partial charge in [-0.05, 0) is 12.8 Å². The van der Waals surface area contributed by atoms with Crippen molar-refractivity contribution in [2.75, 3.05) is 13.1 Å². The molecule has 0 aliphatic carbocycles. The van der Waals surface area contributed by atoms with Crippen LogP contribution in [0.3, 0.4) is 0 Å². The molecule has 0 atom stereocenters. The maximum Gasteiger partial charge on any atom is 0.333 e. The van der Waals surface area contributed by atoms with Gasteiger partial charge < -0.3 is 0 Å². The number of urea groups is 1. The van der Waals surface area contributed by atoms with Crippen molar-refractivity contribution < 1.29 is 14.4 Å². The van der Waals surface area contributed by atoms with Crippen molar-refractivity contribution in [2.24, 2.45) is 0 Å². The quantitative estimate of drug-likeness (QED) is 0.353. The predicted molar refractivity (Wildman–Crippen MR) is 60.6 cm³/mol. The van der Waals surface area contributed by atoms with Crippen LogP contribution in [0.4, 0.5) is 4.79 Å². The first-order valence-electron chi connectivity index (χ1n) is 4.90. The standard InChI is InChI=1S/C11H16N2O3/c1-3-5-6-8-13(10-15)11(16)12(9-14)7-4-2/h3-4,9-10H,1-2,5-8H2. The number of rotatable bonds is 8. The Bertz CT molecular complexity index is 276. The molecule has 0 aromatic carbocycles. The minimum Gasteiger partial charge on any atom is -0.278 e. The highest BCUT2D eigenvalue weighted by atomic mass is 16.2. The second-order valence-electron chi connectivity index (χ2n) is 3.06. The van der Waals surface area contributed by atoms with Crippen LogP contribution in [-0.4, -0.2) is 41.7 Å². The number of carbonyl (C=O) groups is 3. The molecule has 0 fully saturated rings. The SMILES string of the molecule is C=CCCCN(C=O)C(=O)N(C=O)CC=C. The molecule has 0 rings (SSSR count). The van der Waals surface area contributed by atoms with Crippen molar-refractivity contribution in [3.8, 4) is 0 Å². The summed E-state index contributed by atoms with van der Waals surface area (Å²) in [5.41, 5.74) is 0. The summed E-state index contributed by atoms with van der Waals surface area (Å²) in [5, 5.41) is 0. The fraction of sp³-hybridized carbons (Fsp3) is 0.364. The van der Waals surface area contributed by atoms with Gasteiger partial charge in [-0.25, -0.2) is 4.79 Å². The molecule has 5 nitrogen and oxygen atoms in total. The number of allylic oxidation sites excluding steroid dienone is 1. The summed E-state index contributed by atoms with van der Waals surface area (Å²) in [5.74, 6) is 0. The van der Waals surface area contributed by atoms with E-state index in [4.69, 9.17) is 0 Å². The summed E-state index contributed by atoms with van der Waals surface area (Å²) < 4.78 is 0. The largest absolute Gasteiger partial charge is 0.333 e. The average Bonchev–Trinajstić information content (AvgIpc) is 2.31. The normalized spacial score (nSPS) is 9.00. The summed E-state index contributed by atoms with van der Waals surface area (Å²) in [6.45, 7) is 7.32. The van der Waals surface area contributed by atoms with Gasteiger partial charge in [0.1, 0.15) is 0 Å². The van der Waals surface area contributed by atoms with Crippen LogP contribution in [0.2, 0.25) is 0 Å². The van der Waals surface area contributed by atoms with Crippen molar-refractivity contribution in [2.45, 2.75) is 12.8 Å². The molecule has 0 heterocycles.